The fourth-order valence-corrected chi connectivity index (χ4v) is 2.32. The number of rotatable bonds is 3. The third-order valence-corrected chi connectivity index (χ3v) is 3.28. The van der Waals surface area contributed by atoms with E-state index in [4.69, 9.17) is 15.0 Å². The Labute approximate surface area is 106 Å². The van der Waals surface area contributed by atoms with Gasteiger partial charge in [0.05, 0.1) is 5.56 Å². The Hall–Kier alpha value is -1.81. The Bertz CT molecular complexity index is 522. The predicted molar refractivity (Wildman–Crippen MR) is 67.1 cm³/mol. The number of nitrogens with two attached hydrogens (primary N) is 1. The van der Waals surface area contributed by atoms with Crippen LogP contribution in [0.2, 0.25) is 0 Å². The molecule has 0 radical (unpaired) electrons. The van der Waals surface area contributed by atoms with Gasteiger partial charge in [0.25, 0.3) is 5.88 Å². The first kappa shape index (κ1) is 11.3. The van der Waals surface area contributed by atoms with Gasteiger partial charge in [-0.05, 0) is 23.6 Å². The summed E-state index contributed by atoms with van der Waals surface area (Å²) in [5.41, 5.74) is 8.15. The van der Waals surface area contributed by atoms with Crippen LogP contribution in [0, 0.1) is 0 Å². The fourth-order valence-electron chi connectivity index (χ4n) is 2.32. The lowest BCUT2D eigenvalue weighted by Crippen LogP contribution is -2.16. The molecule has 1 aliphatic rings. The quantitative estimate of drug-likeness (QED) is 0.901. The van der Waals surface area contributed by atoms with Crippen LogP contribution in [0.25, 0.3) is 0 Å². The smallest absolute Gasteiger partial charge is 0.259 e. The molecule has 1 aromatic carbocycles. The summed E-state index contributed by atoms with van der Waals surface area (Å²) in [5, 5.41) is 3.99. The average Bonchev–Trinajstić information content (AvgIpc) is 2.82. The van der Waals surface area contributed by atoms with Crippen molar-refractivity contribution < 1.29 is 9.26 Å². The highest BCUT2D eigenvalue weighted by atomic mass is 16.5. The van der Waals surface area contributed by atoms with Crippen molar-refractivity contribution in [1.29, 1.82) is 0 Å². The normalized spacial score (nSPS) is 18.4. The zero-order valence-electron chi connectivity index (χ0n) is 10.1. The number of hydrogen-bond acceptors (Lipinski definition) is 4. The molecule has 2 N–H and O–H groups in total. The summed E-state index contributed by atoms with van der Waals surface area (Å²) in [6, 6.07) is 9.99. The maximum Gasteiger partial charge on any atom is 0.259 e. The number of fused-ring (bicyclic) bond motifs is 1. The van der Waals surface area contributed by atoms with E-state index in [1.807, 2.05) is 30.3 Å². The average molecular weight is 244 g/mol. The van der Waals surface area contributed by atoms with Crippen molar-refractivity contribution in [3.05, 3.63) is 47.2 Å². The minimum atomic E-state index is -0.00854. The molecule has 0 bridgehead atoms. The highest BCUT2D eigenvalue weighted by Crippen LogP contribution is 2.34. The molecule has 0 fully saturated rings. The highest BCUT2D eigenvalue weighted by Gasteiger charge is 2.26. The van der Waals surface area contributed by atoms with Gasteiger partial charge in [-0.1, -0.05) is 30.3 Å². The molecule has 94 valence electrons. The molecule has 4 nitrogen and oxygen atoms in total. The van der Waals surface area contributed by atoms with E-state index in [2.05, 4.69) is 5.16 Å². The summed E-state index contributed by atoms with van der Waals surface area (Å²) in [6.07, 6.45) is 2.93. The molecular formula is C14H16N2O2. The topological polar surface area (TPSA) is 61.3 Å². The lowest BCUT2D eigenvalue weighted by Gasteiger charge is -2.17. The number of ether oxygens (including phenoxy) is 1. The van der Waals surface area contributed by atoms with Gasteiger partial charge in [0.1, 0.15) is 12.4 Å². The summed E-state index contributed by atoms with van der Waals surface area (Å²) in [4.78, 5) is 0. The van der Waals surface area contributed by atoms with Gasteiger partial charge in [-0.3, -0.25) is 0 Å². The van der Waals surface area contributed by atoms with Crippen molar-refractivity contribution in [2.75, 3.05) is 0 Å². The second kappa shape index (κ2) is 4.82. The summed E-state index contributed by atoms with van der Waals surface area (Å²) >= 11 is 0. The predicted octanol–water partition coefficient (Wildman–Crippen LogP) is 2.59. The third-order valence-electron chi connectivity index (χ3n) is 3.28. The van der Waals surface area contributed by atoms with Crippen LogP contribution in [0.1, 0.15) is 35.8 Å². The summed E-state index contributed by atoms with van der Waals surface area (Å²) in [5.74, 6) is 1.44. The summed E-state index contributed by atoms with van der Waals surface area (Å²) < 4.78 is 11.0. The Morgan fingerprint density at radius 3 is 3.00 bits per heavy atom. The van der Waals surface area contributed by atoms with Crippen LogP contribution in [-0.2, 0) is 13.0 Å². The van der Waals surface area contributed by atoms with Crippen LogP contribution in [0.15, 0.2) is 34.9 Å². The van der Waals surface area contributed by atoms with E-state index >= 15 is 0 Å². The largest absolute Gasteiger partial charge is 0.470 e. The molecule has 0 spiro atoms. The molecule has 18 heavy (non-hydrogen) atoms. The van der Waals surface area contributed by atoms with Crippen molar-refractivity contribution in [3.63, 3.8) is 0 Å². The maximum absolute atomic E-state index is 6.08. The second-order valence-electron chi connectivity index (χ2n) is 4.60. The molecule has 4 heteroatoms. The number of nitrogens with zero attached hydrogens (tertiary/aromatic N) is 1. The molecule has 1 aliphatic carbocycles. The molecular weight excluding hydrogens is 228 g/mol. The molecule has 0 saturated carbocycles. The van der Waals surface area contributed by atoms with Crippen molar-refractivity contribution in [1.82, 2.24) is 5.16 Å². The lowest BCUT2D eigenvalue weighted by atomic mass is 9.94. The first-order valence-electron chi connectivity index (χ1n) is 6.25. The minimum Gasteiger partial charge on any atom is -0.470 e. The van der Waals surface area contributed by atoms with Crippen LogP contribution >= 0.6 is 0 Å². The van der Waals surface area contributed by atoms with Crippen LogP contribution in [0.4, 0.5) is 0 Å². The van der Waals surface area contributed by atoms with Gasteiger partial charge in [0.15, 0.2) is 0 Å². The van der Waals surface area contributed by atoms with E-state index in [0.717, 1.165) is 36.1 Å². The van der Waals surface area contributed by atoms with Crippen LogP contribution in [0.3, 0.4) is 0 Å². The van der Waals surface area contributed by atoms with E-state index in [0.29, 0.717) is 12.5 Å². The Morgan fingerprint density at radius 2 is 2.17 bits per heavy atom. The van der Waals surface area contributed by atoms with Gasteiger partial charge in [0, 0.05) is 12.5 Å². The van der Waals surface area contributed by atoms with E-state index in [1.165, 1.54) is 0 Å². The van der Waals surface area contributed by atoms with Gasteiger partial charge in [-0.15, -0.1) is 0 Å². The molecule has 0 saturated heterocycles. The Kier molecular flexibility index (Phi) is 3.02. The van der Waals surface area contributed by atoms with Crippen molar-refractivity contribution >= 4 is 0 Å². The fraction of sp³-hybridized carbons (Fsp3) is 0.357. The molecule has 2 aromatic rings. The highest BCUT2D eigenvalue weighted by molar-refractivity contribution is 5.33. The van der Waals surface area contributed by atoms with Crippen molar-refractivity contribution in [2.24, 2.45) is 5.73 Å². The van der Waals surface area contributed by atoms with E-state index in [9.17, 15) is 0 Å². The van der Waals surface area contributed by atoms with E-state index in [-0.39, 0.29) is 6.04 Å². The Balaban J connectivity index is 1.76. The zero-order chi connectivity index (χ0) is 12.4. The lowest BCUT2D eigenvalue weighted by molar-refractivity contribution is 0.265. The standard InChI is InChI=1S/C14H16N2O2/c15-11-7-4-8-12-13(11)14(16-18-12)17-9-10-5-2-1-3-6-10/h1-3,5-6,11H,4,7-9,15H2. The van der Waals surface area contributed by atoms with Gasteiger partial charge in [-0.25, -0.2) is 0 Å². The van der Waals surface area contributed by atoms with E-state index < -0.39 is 0 Å². The first-order valence-corrected chi connectivity index (χ1v) is 6.25. The van der Waals surface area contributed by atoms with Gasteiger partial charge in [-0.2, -0.15) is 0 Å². The second-order valence-corrected chi connectivity index (χ2v) is 4.60. The molecule has 0 aliphatic heterocycles. The number of aromatic nitrogens is 1. The summed E-state index contributed by atoms with van der Waals surface area (Å²) in [6.45, 7) is 0.493. The van der Waals surface area contributed by atoms with Crippen LogP contribution in [0.5, 0.6) is 5.88 Å². The van der Waals surface area contributed by atoms with Crippen LogP contribution in [-0.4, -0.2) is 5.16 Å². The number of hydrogen-bond donors (Lipinski definition) is 1. The third kappa shape index (κ3) is 2.11. The zero-order valence-corrected chi connectivity index (χ0v) is 10.1. The molecule has 1 aromatic heterocycles. The monoisotopic (exact) mass is 244 g/mol. The minimum absolute atomic E-state index is 0.00854. The van der Waals surface area contributed by atoms with Crippen LogP contribution < -0.4 is 10.5 Å². The van der Waals surface area contributed by atoms with Crippen molar-refractivity contribution in [2.45, 2.75) is 31.9 Å². The molecule has 0 amide bonds. The number of aryl methyl sites for hydroxylation is 1. The molecule has 1 heterocycles. The van der Waals surface area contributed by atoms with Gasteiger partial charge < -0.3 is 15.0 Å². The molecule has 3 rings (SSSR count). The van der Waals surface area contributed by atoms with E-state index in [1.54, 1.807) is 0 Å². The maximum atomic E-state index is 6.08. The number of benzene rings is 1. The van der Waals surface area contributed by atoms with Crippen molar-refractivity contribution in [3.8, 4) is 5.88 Å². The molecule has 1 unspecified atom stereocenters. The first-order chi connectivity index (χ1) is 8.84. The Morgan fingerprint density at radius 1 is 1.33 bits per heavy atom. The van der Waals surface area contributed by atoms with Gasteiger partial charge >= 0.3 is 0 Å². The molecule has 1 atom stereocenters. The SMILES string of the molecule is NC1CCCc2onc(OCc3ccccc3)c21. The van der Waals surface area contributed by atoms with Gasteiger partial charge in [0.2, 0.25) is 0 Å². The summed E-state index contributed by atoms with van der Waals surface area (Å²) in [7, 11) is 0.